The topological polar surface area (TPSA) is 63.6 Å². The first-order valence-corrected chi connectivity index (χ1v) is 12.4. The number of allylic oxidation sites excluding steroid dienone is 3. The van der Waals surface area contributed by atoms with Gasteiger partial charge in [0.05, 0.1) is 0 Å². The summed E-state index contributed by atoms with van der Waals surface area (Å²) in [6.07, 6.45) is 11.5. The molecule has 3 aliphatic rings. The predicted octanol–water partition coefficient (Wildman–Crippen LogP) is 6.34. The quantitative estimate of drug-likeness (QED) is 0.551. The van der Waals surface area contributed by atoms with Crippen molar-refractivity contribution in [3.63, 3.8) is 0 Å². The Bertz CT molecular complexity index is 1180. The van der Waals surface area contributed by atoms with Crippen LogP contribution >= 0.6 is 0 Å². The number of benzene rings is 2. The van der Waals surface area contributed by atoms with Crippen LogP contribution in [0.25, 0.3) is 5.57 Å². The van der Waals surface area contributed by atoms with Gasteiger partial charge in [-0.3, -0.25) is 9.59 Å². The fraction of sp³-hybridized carbons (Fsp3) is 0.400. The van der Waals surface area contributed by atoms with Crippen molar-refractivity contribution >= 4 is 17.3 Å². The number of fused-ring (bicyclic) bond motifs is 1. The molecule has 2 atom stereocenters. The van der Waals surface area contributed by atoms with Gasteiger partial charge in [-0.15, -0.1) is 0 Å². The van der Waals surface area contributed by atoms with Crippen LogP contribution in [0.4, 0.5) is 0 Å². The molecule has 0 amide bonds. The molecule has 176 valence electrons. The van der Waals surface area contributed by atoms with Gasteiger partial charge < -0.3 is 9.84 Å². The fourth-order valence-electron chi connectivity index (χ4n) is 5.92. The van der Waals surface area contributed by atoms with E-state index in [-0.39, 0.29) is 12.5 Å². The fourth-order valence-corrected chi connectivity index (χ4v) is 5.92. The van der Waals surface area contributed by atoms with Gasteiger partial charge in [-0.1, -0.05) is 61.4 Å². The maximum absolute atomic E-state index is 13.2. The number of carboxylic acids is 1. The zero-order valence-corrected chi connectivity index (χ0v) is 20.0. The van der Waals surface area contributed by atoms with Gasteiger partial charge in [-0.25, -0.2) is 0 Å². The lowest BCUT2D eigenvalue weighted by atomic mass is 9.79. The van der Waals surface area contributed by atoms with Crippen LogP contribution in [-0.4, -0.2) is 23.5 Å². The lowest BCUT2D eigenvalue weighted by molar-refractivity contribution is -0.147. The molecule has 0 spiro atoms. The van der Waals surface area contributed by atoms with Crippen LogP contribution in [0.5, 0.6) is 5.75 Å². The lowest BCUT2D eigenvalue weighted by Gasteiger charge is -2.28. The van der Waals surface area contributed by atoms with Gasteiger partial charge in [0.2, 0.25) is 0 Å². The molecule has 4 nitrogen and oxygen atoms in total. The minimum absolute atomic E-state index is 0.0521. The van der Waals surface area contributed by atoms with E-state index in [1.54, 1.807) is 6.08 Å². The first kappa shape index (κ1) is 22.6. The Kier molecular flexibility index (Phi) is 5.93. The minimum Gasteiger partial charge on any atom is -0.492 e. The predicted molar refractivity (Wildman–Crippen MR) is 133 cm³/mol. The molecule has 3 aliphatic carbocycles. The molecule has 0 aromatic heterocycles. The molecule has 5 rings (SSSR count). The standard InChI is InChI=1S/C30H32O4/c1-19-20(2)27-24(16-25(28(27)31)23-10-6-7-11-23)17-26(19)34-18-30(29(32)33)14-12-22(13-15-30)21-8-4-3-5-9-21/h3-5,8-9,12-14,17,23,25H,6-7,10-11,15-16,18H2,1-2H3,(H,32,33). The summed E-state index contributed by atoms with van der Waals surface area (Å²) in [5, 5.41) is 10.1. The van der Waals surface area contributed by atoms with Crippen molar-refractivity contribution < 1.29 is 19.4 Å². The average molecular weight is 457 g/mol. The van der Waals surface area contributed by atoms with Crippen LogP contribution in [0.3, 0.4) is 0 Å². The maximum Gasteiger partial charge on any atom is 0.317 e. The SMILES string of the molecule is Cc1c(OCC2(C(=O)O)C=CC(c3ccccc3)=CC2)cc2c(c1C)C(=O)C(C1CCCC1)C2. The van der Waals surface area contributed by atoms with Crippen molar-refractivity contribution in [1.29, 1.82) is 0 Å². The molecule has 2 unspecified atom stereocenters. The molecule has 0 bridgehead atoms. The van der Waals surface area contributed by atoms with Crippen LogP contribution < -0.4 is 4.74 Å². The number of rotatable bonds is 6. The molecule has 2 aromatic carbocycles. The lowest BCUT2D eigenvalue weighted by Crippen LogP contribution is -2.36. The Morgan fingerprint density at radius 2 is 1.85 bits per heavy atom. The number of hydrogen-bond donors (Lipinski definition) is 1. The molecule has 0 aliphatic heterocycles. The Labute approximate surface area is 201 Å². The molecule has 2 aromatic rings. The molecule has 0 radical (unpaired) electrons. The summed E-state index contributed by atoms with van der Waals surface area (Å²) in [5.41, 5.74) is 4.84. The third-order valence-electron chi connectivity index (χ3n) is 8.21. The monoisotopic (exact) mass is 456 g/mol. The van der Waals surface area contributed by atoms with Crippen LogP contribution in [0.2, 0.25) is 0 Å². The first-order valence-electron chi connectivity index (χ1n) is 12.4. The van der Waals surface area contributed by atoms with Crippen LogP contribution in [-0.2, 0) is 11.2 Å². The molecular formula is C30H32O4. The van der Waals surface area contributed by atoms with Crippen LogP contribution in [0, 0.1) is 31.1 Å². The number of Topliss-reactive ketones (excluding diaryl/α,β-unsaturated/α-hetero) is 1. The Morgan fingerprint density at radius 1 is 1.12 bits per heavy atom. The molecule has 0 saturated heterocycles. The molecule has 1 fully saturated rings. The molecule has 4 heteroatoms. The second kappa shape index (κ2) is 8.90. The van der Waals surface area contributed by atoms with E-state index in [1.165, 1.54) is 12.8 Å². The number of ketones is 1. The summed E-state index contributed by atoms with van der Waals surface area (Å²) in [6.45, 7) is 4.02. The smallest absolute Gasteiger partial charge is 0.317 e. The summed E-state index contributed by atoms with van der Waals surface area (Å²) in [7, 11) is 0. The van der Waals surface area contributed by atoms with E-state index < -0.39 is 11.4 Å². The molecule has 34 heavy (non-hydrogen) atoms. The van der Waals surface area contributed by atoms with E-state index in [4.69, 9.17) is 4.74 Å². The van der Waals surface area contributed by atoms with Crippen LogP contribution in [0.15, 0.2) is 54.6 Å². The van der Waals surface area contributed by atoms with Crippen molar-refractivity contribution in [3.8, 4) is 5.75 Å². The molecule has 0 heterocycles. The second-order valence-electron chi connectivity index (χ2n) is 10.2. The molecular weight excluding hydrogens is 424 g/mol. The second-order valence-corrected chi connectivity index (χ2v) is 10.2. The van der Waals surface area contributed by atoms with Crippen molar-refractivity contribution in [3.05, 3.63) is 82.4 Å². The van der Waals surface area contributed by atoms with Crippen molar-refractivity contribution in [1.82, 2.24) is 0 Å². The van der Waals surface area contributed by atoms with E-state index in [0.29, 0.717) is 23.9 Å². The van der Waals surface area contributed by atoms with E-state index in [1.807, 2.05) is 62.4 Å². The zero-order chi connectivity index (χ0) is 23.9. The summed E-state index contributed by atoms with van der Waals surface area (Å²) < 4.78 is 6.21. The summed E-state index contributed by atoms with van der Waals surface area (Å²) in [5.74, 6) is 0.697. The Balaban J connectivity index is 1.36. The number of carboxylic acid groups (broad SMARTS) is 1. The average Bonchev–Trinajstić information content (AvgIpc) is 3.49. The number of carbonyl (C=O) groups is 2. The zero-order valence-electron chi connectivity index (χ0n) is 20.0. The van der Waals surface area contributed by atoms with Crippen molar-refractivity contribution in [2.45, 2.75) is 52.4 Å². The third-order valence-corrected chi connectivity index (χ3v) is 8.21. The highest BCUT2D eigenvalue weighted by atomic mass is 16.5. The minimum atomic E-state index is -1.11. The van der Waals surface area contributed by atoms with Gasteiger partial charge >= 0.3 is 5.97 Å². The van der Waals surface area contributed by atoms with Gasteiger partial charge in [0.25, 0.3) is 0 Å². The van der Waals surface area contributed by atoms with E-state index >= 15 is 0 Å². The van der Waals surface area contributed by atoms with Crippen LogP contribution in [0.1, 0.15) is 64.7 Å². The molecule has 1 N–H and O–H groups in total. The number of aliphatic carboxylic acids is 1. The summed E-state index contributed by atoms with van der Waals surface area (Å²) in [4.78, 5) is 25.5. The molecule has 1 saturated carbocycles. The van der Waals surface area contributed by atoms with Gasteiger partial charge in [0, 0.05) is 11.5 Å². The Morgan fingerprint density at radius 3 is 2.50 bits per heavy atom. The highest BCUT2D eigenvalue weighted by Crippen LogP contribution is 2.43. The number of hydrogen-bond acceptors (Lipinski definition) is 3. The van der Waals surface area contributed by atoms with Gasteiger partial charge in [0.15, 0.2) is 5.78 Å². The van der Waals surface area contributed by atoms with Crippen molar-refractivity contribution in [2.24, 2.45) is 17.3 Å². The van der Waals surface area contributed by atoms with Gasteiger partial charge in [0.1, 0.15) is 17.8 Å². The highest BCUT2D eigenvalue weighted by Gasteiger charge is 2.40. The van der Waals surface area contributed by atoms with Crippen molar-refractivity contribution in [2.75, 3.05) is 6.61 Å². The third kappa shape index (κ3) is 3.89. The maximum atomic E-state index is 13.2. The number of carbonyl (C=O) groups excluding carboxylic acids is 1. The summed E-state index contributed by atoms with van der Waals surface area (Å²) in [6, 6.07) is 12.0. The number of ether oxygens (including phenoxy) is 1. The Hall–Kier alpha value is -3.14. The normalized spacial score (nSPS) is 24.2. The van der Waals surface area contributed by atoms with E-state index in [2.05, 4.69) is 0 Å². The van der Waals surface area contributed by atoms with E-state index in [9.17, 15) is 14.7 Å². The van der Waals surface area contributed by atoms with E-state index in [0.717, 1.165) is 52.7 Å². The van der Waals surface area contributed by atoms with Gasteiger partial charge in [-0.2, -0.15) is 0 Å². The largest absolute Gasteiger partial charge is 0.492 e. The van der Waals surface area contributed by atoms with Gasteiger partial charge in [-0.05, 0) is 79.3 Å². The first-order chi connectivity index (χ1) is 16.4. The summed E-state index contributed by atoms with van der Waals surface area (Å²) >= 11 is 0. The highest BCUT2D eigenvalue weighted by molar-refractivity contribution is 6.04.